The molecule has 0 saturated heterocycles. The van der Waals surface area contributed by atoms with E-state index >= 15 is 0 Å². The van der Waals surface area contributed by atoms with Gasteiger partial charge in [0.25, 0.3) is 0 Å². The Hall–Kier alpha value is -3.74. The van der Waals surface area contributed by atoms with Gasteiger partial charge < -0.3 is 19.4 Å². The van der Waals surface area contributed by atoms with Gasteiger partial charge >= 0.3 is 0 Å². The summed E-state index contributed by atoms with van der Waals surface area (Å²) < 4.78 is 10.6. The molecule has 5 aromatic rings. The zero-order valence-corrected chi connectivity index (χ0v) is 19.7. The number of benzene rings is 3. The lowest BCUT2D eigenvalue weighted by atomic mass is 10.0. The Morgan fingerprint density at radius 1 is 0.647 bits per heavy atom. The predicted octanol–water partition coefficient (Wildman–Crippen LogP) is 6.03. The molecule has 2 heterocycles. The minimum atomic E-state index is -0.326. The molecular formula is C26H18Cl2N2O4. The highest BCUT2D eigenvalue weighted by molar-refractivity contribution is 6.46. The third-order valence-electron chi connectivity index (χ3n) is 5.70. The van der Waals surface area contributed by atoms with Crippen LogP contribution in [0.3, 0.4) is 0 Å². The maximum atomic E-state index is 13.2. The normalized spacial score (nSPS) is 11.2. The minimum Gasteiger partial charge on any atom is -0.497 e. The molecule has 3 aromatic carbocycles. The fraction of sp³-hybridized carbons (Fsp3) is 0.0769. The molecule has 2 aromatic heterocycles. The number of aromatic amines is 2. The minimum absolute atomic E-state index is 0.120. The average molecular weight is 493 g/mol. The number of hydrogen-bond donors (Lipinski definition) is 2. The summed E-state index contributed by atoms with van der Waals surface area (Å²) in [5, 5.41) is 0.637. The smallest absolute Gasteiger partial charge is 0.191 e. The Balaban J connectivity index is 1.80. The molecule has 0 spiro atoms. The Morgan fingerprint density at radius 2 is 1.06 bits per heavy atom. The van der Waals surface area contributed by atoms with E-state index in [0.717, 1.165) is 11.1 Å². The molecule has 0 bridgehead atoms. The van der Waals surface area contributed by atoms with Crippen molar-refractivity contribution in [2.24, 2.45) is 0 Å². The van der Waals surface area contributed by atoms with Gasteiger partial charge in [0.2, 0.25) is 0 Å². The van der Waals surface area contributed by atoms with E-state index in [4.69, 9.17) is 32.7 Å². The summed E-state index contributed by atoms with van der Waals surface area (Å²) in [6, 6.07) is 17.4. The van der Waals surface area contributed by atoms with Gasteiger partial charge in [-0.05, 0) is 24.3 Å². The van der Waals surface area contributed by atoms with Crippen LogP contribution in [0, 0.1) is 0 Å². The number of fused-ring (bicyclic) bond motifs is 2. The van der Waals surface area contributed by atoms with E-state index in [0.29, 0.717) is 33.9 Å². The monoisotopic (exact) mass is 492 g/mol. The summed E-state index contributed by atoms with van der Waals surface area (Å²) in [5.41, 5.74) is 2.45. The zero-order valence-electron chi connectivity index (χ0n) is 18.2. The van der Waals surface area contributed by atoms with Gasteiger partial charge in [0.1, 0.15) is 11.5 Å². The Bertz CT molecular complexity index is 1580. The molecule has 0 radical (unpaired) electrons. The van der Waals surface area contributed by atoms with Crippen LogP contribution in [0.15, 0.2) is 70.3 Å². The quantitative estimate of drug-likeness (QED) is 0.300. The van der Waals surface area contributed by atoms with Gasteiger partial charge in [0.05, 0.1) is 46.1 Å². The van der Waals surface area contributed by atoms with Crippen molar-refractivity contribution in [2.45, 2.75) is 0 Å². The molecule has 5 rings (SSSR count). The molecule has 0 saturated carbocycles. The molecule has 34 heavy (non-hydrogen) atoms. The number of pyridine rings is 2. The fourth-order valence-electron chi connectivity index (χ4n) is 4.03. The Kier molecular flexibility index (Phi) is 5.55. The zero-order chi connectivity index (χ0) is 24.0. The van der Waals surface area contributed by atoms with Crippen LogP contribution in [0.25, 0.3) is 44.3 Å². The van der Waals surface area contributed by atoms with Crippen LogP contribution in [0.4, 0.5) is 0 Å². The first-order valence-electron chi connectivity index (χ1n) is 10.3. The lowest BCUT2D eigenvalue weighted by Crippen LogP contribution is -2.09. The molecule has 0 aliphatic rings. The second-order valence-corrected chi connectivity index (χ2v) is 8.44. The molecule has 170 valence electrons. The molecule has 8 heteroatoms. The molecule has 0 aliphatic heterocycles. The Labute approximate surface area is 203 Å². The van der Waals surface area contributed by atoms with Crippen molar-refractivity contribution in [3.8, 4) is 34.0 Å². The maximum Gasteiger partial charge on any atom is 0.191 e. The van der Waals surface area contributed by atoms with Crippen molar-refractivity contribution in [1.29, 1.82) is 0 Å². The lowest BCUT2D eigenvalue weighted by Gasteiger charge is -2.13. The van der Waals surface area contributed by atoms with Crippen molar-refractivity contribution in [3.05, 3.63) is 91.2 Å². The van der Waals surface area contributed by atoms with Crippen molar-refractivity contribution in [2.75, 3.05) is 14.2 Å². The van der Waals surface area contributed by atoms with Gasteiger partial charge in [-0.2, -0.15) is 0 Å². The summed E-state index contributed by atoms with van der Waals surface area (Å²) in [5.74, 6) is 1.28. The summed E-state index contributed by atoms with van der Waals surface area (Å²) in [6.45, 7) is 0. The van der Waals surface area contributed by atoms with Crippen LogP contribution in [0.1, 0.15) is 0 Å². The lowest BCUT2D eigenvalue weighted by molar-refractivity contribution is 0.415. The van der Waals surface area contributed by atoms with E-state index in [2.05, 4.69) is 9.97 Å². The second kappa shape index (κ2) is 8.56. The van der Waals surface area contributed by atoms with Crippen molar-refractivity contribution >= 4 is 45.0 Å². The Morgan fingerprint density at radius 3 is 1.44 bits per heavy atom. The molecule has 0 fully saturated rings. The highest BCUT2D eigenvalue weighted by Crippen LogP contribution is 2.36. The summed E-state index contributed by atoms with van der Waals surface area (Å²) in [7, 11) is 3.13. The number of nitrogens with one attached hydrogen (secondary N) is 2. The number of hydrogen-bond acceptors (Lipinski definition) is 4. The SMILES string of the molecule is COc1cccc(-c2cc(=O)c3c(Cl)c4[nH]c(-c5cccc(OC)c5)cc(=O)c4c(Cl)c3[nH]2)c1. The van der Waals surface area contributed by atoms with Crippen LogP contribution in [-0.4, -0.2) is 24.2 Å². The van der Waals surface area contributed by atoms with Crippen molar-refractivity contribution in [1.82, 2.24) is 9.97 Å². The highest BCUT2D eigenvalue weighted by Gasteiger charge is 2.19. The van der Waals surface area contributed by atoms with Gasteiger partial charge in [0, 0.05) is 34.6 Å². The number of rotatable bonds is 4. The summed E-state index contributed by atoms with van der Waals surface area (Å²) >= 11 is 13.4. The molecule has 0 aliphatic carbocycles. The van der Waals surface area contributed by atoms with Gasteiger partial charge in [-0.3, -0.25) is 9.59 Å². The van der Waals surface area contributed by atoms with Crippen LogP contribution in [0.5, 0.6) is 11.5 Å². The van der Waals surface area contributed by atoms with Crippen molar-refractivity contribution in [3.63, 3.8) is 0 Å². The largest absolute Gasteiger partial charge is 0.497 e. The van der Waals surface area contributed by atoms with E-state index in [-0.39, 0.29) is 31.7 Å². The van der Waals surface area contributed by atoms with Crippen LogP contribution >= 0.6 is 23.2 Å². The number of halogens is 2. The standard InChI is InChI=1S/C26H18Cl2N2O4/c1-33-15-7-3-5-13(9-15)17-11-19(31)21-24(28)26-22(23(27)25(21)29-17)20(32)12-18(30-26)14-6-4-8-16(10-14)34-2/h3-12H,1-2H3,(H,29,31)(H,30,32). The number of aromatic nitrogens is 2. The third kappa shape index (κ3) is 3.61. The van der Waals surface area contributed by atoms with Crippen LogP contribution < -0.4 is 20.3 Å². The summed E-state index contributed by atoms with van der Waals surface area (Å²) in [6.07, 6.45) is 0. The van der Waals surface area contributed by atoms with Crippen LogP contribution in [-0.2, 0) is 0 Å². The molecule has 2 N–H and O–H groups in total. The number of H-pyrrole nitrogens is 2. The van der Waals surface area contributed by atoms with Gasteiger partial charge in [-0.25, -0.2) is 0 Å². The van der Waals surface area contributed by atoms with E-state index in [1.807, 2.05) is 24.3 Å². The molecular weight excluding hydrogens is 475 g/mol. The predicted molar refractivity (Wildman–Crippen MR) is 137 cm³/mol. The van der Waals surface area contributed by atoms with E-state index in [1.165, 1.54) is 12.1 Å². The van der Waals surface area contributed by atoms with Crippen LogP contribution in [0.2, 0.25) is 10.0 Å². The van der Waals surface area contributed by atoms with Gasteiger partial charge in [-0.15, -0.1) is 0 Å². The first-order chi connectivity index (χ1) is 16.4. The average Bonchev–Trinajstić information content (AvgIpc) is 2.86. The second-order valence-electron chi connectivity index (χ2n) is 7.69. The molecule has 6 nitrogen and oxygen atoms in total. The first kappa shape index (κ1) is 22.1. The highest BCUT2D eigenvalue weighted by atomic mass is 35.5. The molecule has 0 amide bonds. The molecule has 0 unspecified atom stereocenters. The first-order valence-corrected chi connectivity index (χ1v) is 11.1. The van der Waals surface area contributed by atoms with Gasteiger partial charge in [0.15, 0.2) is 10.9 Å². The number of ether oxygens (including phenoxy) is 2. The topological polar surface area (TPSA) is 84.2 Å². The number of methoxy groups -OCH3 is 2. The fourth-order valence-corrected chi connectivity index (χ4v) is 4.69. The van der Waals surface area contributed by atoms with E-state index in [1.54, 1.807) is 38.5 Å². The van der Waals surface area contributed by atoms with E-state index < -0.39 is 0 Å². The third-order valence-corrected chi connectivity index (χ3v) is 6.46. The summed E-state index contributed by atoms with van der Waals surface area (Å²) in [4.78, 5) is 32.7. The molecule has 0 atom stereocenters. The van der Waals surface area contributed by atoms with Gasteiger partial charge in [-0.1, -0.05) is 47.5 Å². The van der Waals surface area contributed by atoms with Crippen molar-refractivity contribution < 1.29 is 9.47 Å². The van der Waals surface area contributed by atoms with E-state index in [9.17, 15) is 9.59 Å². The maximum absolute atomic E-state index is 13.2.